The van der Waals surface area contributed by atoms with E-state index in [1.165, 1.54) is 0 Å². The fourth-order valence-electron chi connectivity index (χ4n) is 5.86. The largest absolute Gasteiger partial charge is 0.508 e. The number of rotatable bonds is 5. The highest BCUT2D eigenvalue weighted by molar-refractivity contribution is 5.89. The maximum atomic E-state index is 13.1. The Morgan fingerprint density at radius 2 is 1.93 bits per heavy atom. The molecule has 0 spiro atoms. The molecule has 1 atom stereocenters. The average molecular weight is 413 g/mol. The lowest BCUT2D eigenvalue weighted by Gasteiger charge is -2.44. The average Bonchev–Trinajstić information content (AvgIpc) is 3.35. The SMILES string of the molecule is Cc1ccc(CN2CC(N3CC(NC(=O)C45CCCN4CCC5)CC3=O)C2)cc1O. The minimum atomic E-state index is -0.302. The Morgan fingerprint density at radius 1 is 1.20 bits per heavy atom. The minimum absolute atomic E-state index is 0.0643. The Morgan fingerprint density at radius 3 is 2.63 bits per heavy atom. The molecule has 0 aromatic heterocycles. The summed E-state index contributed by atoms with van der Waals surface area (Å²) in [5, 5.41) is 13.1. The van der Waals surface area contributed by atoms with E-state index < -0.39 is 0 Å². The van der Waals surface area contributed by atoms with Gasteiger partial charge in [0, 0.05) is 32.6 Å². The van der Waals surface area contributed by atoms with Crippen molar-refractivity contribution in [1.29, 1.82) is 0 Å². The number of carbonyl (C=O) groups is 2. The van der Waals surface area contributed by atoms with Crippen LogP contribution in [0.5, 0.6) is 5.75 Å². The van der Waals surface area contributed by atoms with E-state index in [4.69, 9.17) is 0 Å². The lowest BCUT2D eigenvalue weighted by atomic mass is 9.92. The van der Waals surface area contributed by atoms with Gasteiger partial charge >= 0.3 is 0 Å². The lowest BCUT2D eigenvalue weighted by Crippen LogP contribution is -2.60. The third kappa shape index (κ3) is 3.38. The first-order valence-electron chi connectivity index (χ1n) is 11.3. The lowest BCUT2D eigenvalue weighted by molar-refractivity contribution is -0.133. The molecule has 1 aromatic rings. The topological polar surface area (TPSA) is 76.1 Å². The summed E-state index contributed by atoms with van der Waals surface area (Å²) in [7, 11) is 0. The molecule has 0 radical (unpaired) electrons. The molecule has 4 aliphatic heterocycles. The zero-order chi connectivity index (χ0) is 20.9. The number of phenols is 1. The van der Waals surface area contributed by atoms with Crippen LogP contribution in [0.3, 0.4) is 0 Å². The highest BCUT2D eigenvalue weighted by Gasteiger charge is 2.51. The number of aryl methyl sites for hydroxylation is 1. The van der Waals surface area contributed by atoms with Crippen LogP contribution in [0.15, 0.2) is 18.2 Å². The summed E-state index contributed by atoms with van der Waals surface area (Å²) in [5.74, 6) is 0.636. The van der Waals surface area contributed by atoms with Crippen molar-refractivity contribution in [2.75, 3.05) is 32.7 Å². The van der Waals surface area contributed by atoms with Crippen LogP contribution >= 0.6 is 0 Å². The van der Waals surface area contributed by atoms with Crippen LogP contribution in [-0.2, 0) is 16.1 Å². The predicted octanol–water partition coefficient (Wildman–Crippen LogP) is 1.23. The van der Waals surface area contributed by atoms with Crippen molar-refractivity contribution in [1.82, 2.24) is 20.0 Å². The van der Waals surface area contributed by atoms with Crippen LogP contribution in [0.1, 0.15) is 43.2 Å². The van der Waals surface area contributed by atoms with Crippen LogP contribution in [0.25, 0.3) is 0 Å². The molecule has 2 N–H and O–H groups in total. The number of fused-ring (bicyclic) bond motifs is 1. The van der Waals surface area contributed by atoms with Gasteiger partial charge in [-0.25, -0.2) is 0 Å². The molecular weight excluding hydrogens is 380 g/mol. The molecule has 4 heterocycles. The number of aromatic hydroxyl groups is 1. The Bertz CT molecular complexity index is 841. The van der Waals surface area contributed by atoms with E-state index in [0.29, 0.717) is 18.7 Å². The molecule has 162 valence electrons. The number of amides is 2. The standard InChI is InChI=1S/C23H32N4O3/c1-16-4-5-17(10-20(16)28)12-25-14-19(15-25)27-13-18(11-21(27)29)24-22(30)23-6-2-8-26(23)9-3-7-23/h4-5,10,18-19,28H,2-3,6-9,11-15H2,1H3,(H,24,30). The number of phenolic OH excluding ortho intramolecular Hbond substituents is 1. The van der Waals surface area contributed by atoms with E-state index in [-0.39, 0.29) is 29.4 Å². The summed E-state index contributed by atoms with van der Waals surface area (Å²) in [6.07, 6.45) is 4.52. The molecule has 1 unspecified atom stereocenters. The Balaban J connectivity index is 1.13. The van der Waals surface area contributed by atoms with Gasteiger partial charge in [-0.1, -0.05) is 12.1 Å². The van der Waals surface area contributed by atoms with Gasteiger partial charge in [0.15, 0.2) is 0 Å². The minimum Gasteiger partial charge on any atom is -0.508 e. The molecule has 0 saturated carbocycles. The van der Waals surface area contributed by atoms with Crippen molar-refractivity contribution in [2.24, 2.45) is 0 Å². The zero-order valence-corrected chi connectivity index (χ0v) is 17.8. The molecule has 0 aliphatic carbocycles. The Kier molecular flexibility index (Phi) is 4.98. The van der Waals surface area contributed by atoms with Crippen LogP contribution < -0.4 is 5.32 Å². The fraction of sp³-hybridized carbons (Fsp3) is 0.652. The van der Waals surface area contributed by atoms with Crippen molar-refractivity contribution < 1.29 is 14.7 Å². The maximum absolute atomic E-state index is 13.1. The number of hydrogen-bond acceptors (Lipinski definition) is 5. The molecule has 7 nitrogen and oxygen atoms in total. The van der Waals surface area contributed by atoms with Gasteiger partial charge in [-0.15, -0.1) is 0 Å². The van der Waals surface area contributed by atoms with Crippen molar-refractivity contribution in [3.8, 4) is 5.75 Å². The number of likely N-dealkylation sites (tertiary alicyclic amines) is 2. The summed E-state index contributed by atoms with van der Waals surface area (Å²) in [5.41, 5.74) is 1.67. The maximum Gasteiger partial charge on any atom is 0.240 e. The van der Waals surface area contributed by atoms with E-state index in [0.717, 1.165) is 69.5 Å². The number of nitrogens with zero attached hydrogens (tertiary/aromatic N) is 3. The van der Waals surface area contributed by atoms with Crippen molar-refractivity contribution in [3.05, 3.63) is 29.3 Å². The predicted molar refractivity (Wildman–Crippen MR) is 113 cm³/mol. The molecule has 2 amide bonds. The second-order valence-electron chi connectivity index (χ2n) is 9.62. The highest BCUT2D eigenvalue weighted by Crippen LogP contribution is 2.39. The third-order valence-electron chi connectivity index (χ3n) is 7.62. The van der Waals surface area contributed by atoms with Crippen molar-refractivity contribution >= 4 is 11.8 Å². The van der Waals surface area contributed by atoms with Gasteiger partial charge in [0.25, 0.3) is 0 Å². The third-order valence-corrected chi connectivity index (χ3v) is 7.62. The highest BCUT2D eigenvalue weighted by atomic mass is 16.3. The molecule has 1 aromatic carbocycles. The van der Waals surface area contributed by atoms with E-state index in [1.807, 2.05) is 30.0 Å². The van der Waals surface area contributed by atoms with Gasteiger partial charge in [0.2, 0.25) is 11.8 Å². The molecule has 4 aliphatic rings. The molecule has 4 fully saturated rings. The van der Waals surface area contributed by atoms with Gasteiger partial charge in [-0.3, -0.25) is 19.4 Å². The smallest absolute Gasteiger partial charge is 0.240 e. The summed E-state index contributed by atoms with van der Waals surface area (Å²) >= 11 is 0. The molecule has 30 heavy (non-hydrogen) atoms. The first-order valence-corrected chi connectivity index (χ1v) is 11.3. The molecule has 0 bridgehead atoms. The summed E-state index contributed by atoms with van der Waals surface area (Å²) < 4.78 is 0. The second kappa shape index (κ2) is 7.54. The first kappa shape index (κ1) is 19.8. The van der Waals surface area contributed by atoms with E-state index >= 15 is 0 Å². The van der Waals surface area contributed by atoms with Gasteiger partial charge in [-0.2, -0.15) is 0 Å². The Labute approximate surface area is 178 Å². The quantitative estimate of drug-likeness (QED) is 0.761. The van der Waals surface area contributed by atoms with Gasteiger partial charge in [0.05, 0.1) is 12.1 Å². The van der Waals surface area contributed by atoms with Gasteiger partial charge in [0.1, 0.15) is 11.3 Å². The van der Waals surface area contributed by atoms with E-state index in [1.54, 1.807) is 0 Å². The second-order valence-corrected chi connectivity index (χ2v) is 9.62. The number of benzene rings is 1. The van der Waals surface area contributed by atoms with E-state index in [9.17, 15) is 14.7 Å². The molecule has 4 saturated heterocycles. The van der Waals surface area contributed by atoms with Crippen LogP contribution in [0.4, 0.5) is 0 Å². The summed E-state index contributed by atoms with van der Waals surface area (Å²) in [6, 6.07) is 5.97. The van der Waals surface area contributed by atoms with Gasteiger partial charge < -0.3 is 15.3 Å². The number of nitrogens with one attached hydrogen (secondary N) is 1. The van der Waals surface area contributed by atoms with E-state index in [2.05, 4.69) is 15.1 Å². The zero-order valence-electron chi connectivity index (χ0n) is 17.8. The van der Waals surface area contributed by atoms with Crippen LogP contribution in [0, 0.1) is 6.92 Å². The van der Waals surface area contributed by atoms with Crippen molar-refractivity contribution in [3.63, 3.8) is 0 Å². The Hall–Kier alpha value is -2.12. The van der Waals surface area contributed by atoms with Crippen LogP contribution in [-0.4, -0.2) is 82.0 Å². The summed E-state index contributed by atoms with van der Waals surface area (Å²) in [6.45, 7) is 7.05. The number of carbonyl (C=O) groups excluding carboxylic acids is 2. The fourth-order valence-corrected chi connectivity index (χ4v) is 5.86. The number of hydrogen-bond donors (Lipinski definition) is 2. The normalized spacial score (nSPS) is 26.8. The molecular formula is C23H32N4O3. The van der Waals surface area contributed by atoms with Crippen LogP contribution in [0.2, 0.25) is 0 Å². The van der Waals surface area contributed by atoms with Crippen molar-refractivity contribution in [2.45, 2.75) is 63.2 Å². The summed E-state index contributed by atoms with van der Waals surface area (Å²) in [4.78, 5) is 32.3. The first-order chi connectivity index (χ1) is 14.4. The van der Waals surface area contributed by atoms with Gasteiger partial charge in [-0.05, 0) is 62.9 Å². The monoisotopic (exact) mass is 412 g/mol. The molecule has 5 rings (SSSR count). The molecule has 7 heteroatoms.